The molecule has 0 unspecified atom stereocenters. The van der Waals surface area contributed by atoms with Crippen molar-refractivity contribution in [2.75, 3.05) is 5.32 Å². The minimum Gasteiger partial charge on any atom is -0.472 e. The summed E-state index contributed by atoms with van der Waals surface area (Å²) >= 11 is 0. The number of aromatic amines is 2. The van der Waals surface area contributed by atoms with Gasteiger partial charge in [-0.3, -0.25) is 19.9 Å². The Morgan fingerprint density at radius 3 is 2.82 bits per heavy atom. The van der Waals surface area contributed by atoms with E-state index in [0.717, 1.165) is 55.6 Å². The Bertz CT molecular complexity index is 1650. The summed E-state index contributed by atoms with van der Waals surface area (Å²) < 4.78 is 5.28. The molecule has 5 heterocycles. The van der Waals surface area contributed by atoms with Crippen LogP contribution in [0.25, 0.3) is 55.6 Å². The molecule has 0 bridgehead atoms. The summed E-state index contributed by atoms with van der Waals surface area (Å²) in [5.74, 6) is -0.0620. The number of fused-ring (bicyclic) bond motifs is 2. The Labute approximate surface area is 194 Å². The quantitative estimate of drug-likeness (QED) is 0.310. The van der Waals surface area contributed by atoms with E-state index in [2.05, 4.69) is 42.6 Å². The Hall–Kier alpha value is -4.72. The fourth-order valence-corrected chi connectivity index (χ4v) is 4.13. The average Bonchev–Trinajstić information content (AvgIpc) is 3.62. The van der Waals surface area contributed by atoms with Crippen molar-refractivity contribution < 1.29 is 9.21 Å². The molecular weight excluding hydrogens is 428 g/mol. The standard InChI is InChI=1S/C26H20N6O2/c1-2-25(33)29-17-8-16(11-27-12-17)22-10-20-24(13-28-22)31-32-26(20)23-9-19-18(15-6-7-34-14-15)4-3-5-21(19)30-23/h3-14,30H,2H2,1H3,(H,29,33)(H,31,32). The van der Waals surface area contributed by atoms with Crippen LogP contribution < -0.4 is 5.32 Å². The number of benzene rings is 1. The highest BCUT2D eigenvalue weighted by atomic mass is 16.3. The third kappa shape index (κ3) is 3.41. The first-order valence-corrected chi connectivity index (χ1v) is 10.9. The minimum atomic E-state index is -0.0620. The van der Waals surface area contributed by atoms with Crippen molar-refractivity contribution in [1.82, 2.24) is 25.1 Å². The number of rotatable bonds is 5. The number of amides is 1. The van der Waals surface area contributed by atoms with Crippen LogP contribution in [-0.2, 0) is 4.79 Å². The number of pyridine rings is 2. The van der Waals surface area contributed by atoms with E-state index in [4.69, 9.17) is 4.42 Å². The van der Waals surface area contributed by atoms with Crippen molar-refractivity contribution in [3.8, 4) is 33.8 Å². The number of H-pyrrole nitrogens is 2. The Morgan fingerprint density at radius 1 is 1.03 bits per heavy atom. The molecule has 6 aromatic rings. The van der Waals surface area contributed by atoms with Gasteiger partial charge in [-0.1, -0.05) is 19.1 Å². The largest absolute Gasteiger partial charge is 0.472 e. The lowest BCUT2D eigenvalue weighted by atomic mass is 10.0. The van der Waals surface area contributed by atoms with Gasteiger partial charge >= 0.3 is 0 Å². The third-order valence-corrected chi connectivity index (χ3v) is 5.84. The summed E-state index contributed by atoms with van der Waals surface area (Å²) in [5.41, 5.74) is 7.85. The van der Waals surface area contributed by atoms with Crippen LogP contribution in [-0.4, -0.2) is 31.1 Å². The van der Waals surface area contributed by atoms with Crippen LogP contribution in [0.2, 0.25) is 0 Å². The first-order chi connectivity index (χ1) is 16.7. The van der Waals surface area contributed by atoms with Crippen LogP contribution in [0.1, 0.15) is 13.3 Å². The molecule has 34 heavy (non-hydrogen) atoms. The van der Waals surface area contributed by atoms with Crippen LogP contribution >= 0.6 is 0 Å². The fraction of sp³-hybridized carbons (Fsp3) is 0.0769. The number of carbonyl (C=O) groups is 1. The van der Waals surface area contributed by atoms with E-state index in [-0.39, 0.29) is 5.91 Å². The van der Waals surface area contributed by atoms with E-state index >= 15 is 0 Å². The summed E-state index contributed by atoms with van der Waals surface area (Å²) in [6.07, 6.45) is 8.94. The summed E-state index contributed by atoms with van der Waals surface area (Å²) in [4.78, 5) is 24.1. The molecular formula is C26H20N6O2. The Morgan fingerprint density at radius 2 is 1.97 bits per heavy atom. The van der Waals surface area contributed by atoms with Crippen LogP contribution in [0.4, 0.5) is 5.69 Å². The number of hydrogen-bond acceptors (Lipinski definition) is 5. The number of nitrogens with one attached hydrogen (secondary N) is 3. The van der Waals surface area contributed by atoms with Crippen molar-refractivity contribution in [2.45, 2.75) is 13.3 Å². The second kappa shape index (κ2) is 8.00. The number of aromatic nitrogens is 5. The maximum atomic E-state index is 11.8. The highest BCUT2D eigenvalue weighted by Crippen LogP contribution is 2.35. The van der Waals surface area contributed by atoms with Crippen molar-refractivity contribution >= 4 is 33.4 Å². The summed E-state index contributed by atoms with van der Waals surface area (Å²) in [6, 6.07) is 14.1. The van der Waals surface area contributed by atoms with Gasteiger partial charge in [-0.05, 0) is 35.9 Å². The van der Waals surface area contributed by atoms with Crippen LogP contribution in [0.5, 0.6) is 0 Å². The fourth-order valence-electron chi connectivity index (χ4n) is 4.13. The number of carbonyl (C=O) groups excluding carboxylic acids is 1. The summed E-state index contributed by atoms with van der Waals surface area (Å²) in [6.45, 7) is 1.81. The monoisotopic (exact) mass is 448 g/mol. The van der Waals surface area contributed by atoms with Crippen molar-refractivity contribution in [2.24, 2.45) is 0 Å². The Balaban J connectivity index is 1.43. The zero-order valence-electron chi connectivity index (χ0n) is 18.3. The van der Waals surface area contributed by atoms with Gasteiger partial charge < -0.3 is 14.7 Å². The zero-order valence-corrected chi connectivity index (χ0v) is 18.3. The molecule has 0 saturated heterocycles. The molecule has 0 atom stereocenters. The number of anilines is 1. The van der Waals surface area contributed by atoms with Gasteiger partial charge in [0.2, 0.25) is 5.91 Å². The highest BCUT2D eigenvalue weighted by molar-refractivity contribution is 6.01. The molecule has 6 rings (SSSR count). The molecule has 0 fully saturated rings. The van der Waals surface area contributed by atoms with Crippen molar-refractivity contribution in [3.63, 3.8) is 0 Å². The maximum absolute atomic E-state index is 11.8. The number of furan rings is 1. The molecule has 0 aliphatic heterocycles. The maximum Gasteiger partial charge on any atom is 0.224 e. The lowest BCUT2D eigenvalue weighted by Crippen LogP contribution is -2.09. The molecule has 5 aromatic heterocycles. The second-order valence-corrected chi connectivity index (χ2v) is 8.01. The van der Waals surface area contributed by atoms with E-state index in [1.165, 1.54) is 0 Å². The molecule has 0 aliphatic rings. The molecule has 0 spiro atoms. The van der Waals surface area contributed by atoms with Gasteiger partial charge in [-0.15, -0.1) is 0 Å². The first-order valence-electron chi connectivity index (χ1n) is 10.9. The van der Waals surface area contributed by atoms with Crippen LogP contribution in [0.3, 0.4) is 0 Å². The molecule has 1 amide bonds. The molecule has 0 aliphatic carbocycles. The molecule has 8 heteroatoms. The lowest BCUT2D eigenvalue weighted by molar-refractivity contribution is -0.115. The zero-order chi connectivity index (χ0) is 23.1. The predicted molar refractivity (Wildman–Crippen MR) is 131 cm³/mol. The van der Waals surface area contributed by atoms with Crippen LogP contribution in [0.15, 0.2) is 78.0 Å². The SMILES string of the molecule is CCC(=O)Nc1cncc(-c2cc3c(-c4cc5c(-c6ccoc6)cccc5[nH]4)n[nH]c3cn2)c1. The topological polar surface area (TPSA) is 112 Å². The first kappa shape index (κ1) is 19.9. The Kier molecular flexibility index (Phi) is 4.69. The normalized spacial score (nSPS) is 11.3. The number of nitrogens with zero attached hydrogens (tertiary/aromatic N) is 3. The van der Waals surface area contributed by atoms with Gasteiger partial charge in [0.15, 0.2) is 0 Å². The van der Waals surface area contributed by atoms with Gasteiger partial charge in [-0.2, -0.15) is 5.10 Å². The molecule has 0 saturated carbocycles. The molecule has 3 N–H and O–H groups in total. The average molecular weight is 448 g/mol. The van der Waals surface area contributed by atoms with E-state index in [1.807, 2.05) is 37.3 Å². The van der Waals surface area contributed by atoms with E-state index in [0.29, 0.717) is 12.1 Å². The van der Waals surface area contributed by atoms with Gasteiger partial charge in [0.05, 0.1) is 47.5 Å². The predicted octanol–water partition coefficient (Wildman–Crippen LogP) is 5.78. The van der Waals surface area contributed by atoms with E-state index in [9.17, 15) is 4.79 Å². The van der Waals surface area contributed by atoms with Gasteiger partial charge in [0.25, 0.3) is 0 Å². The van der Waals surface area contributed by atoms with Gasteiger partial charge in [0, 0.05) is 40.0 Å². The highest BCUT2D eigenvalue weighted by Gasteiger charge is 2.15. The third-order valence-electron chi connectivity index (χ3n) is 5.84. The van der Waals surface area contributed by atoms with Gasteiger partial charge in [0.1, 0.15) is 5.69 Å². The van der Waals surface area contributed by atoms with Crippen LogP contribution in [0, 0.1) is 0 Å². The molecule has 0 radical (unpaired) electrons. The summed E-state index contributed by atoms with van der Waals surface area (Å²) in [7, 11) is 0. The number of hydrogen-bond donors (Lipinski definition) is 3. The van der Waals surface area contributed by atoms with Crippen molar-refractivity contribution in [1.29, 1.82) is 0 Å². The van der Waals surface area contributed by atoms with Gasteiger partial charge in [-0.25, -0.2) is 0 Å². The van der Waals surface area contributed by atoms with Crippen molar-refractivity contribution in [3.05, 3.63) is 73.6 Å². The smallest absolute Gasteiger partial charge is 0.224 e. The molecule has 166 valence electrons. The lowest BCUT2D eigenvalue weighted by Gasteiger charge is -2.06. The van der Waals surface area contributed by atoms with E-state index < -0.39 is 0 Å². The minimum absolute atomic E-state index is 0.0620. The second-order valence-electron chi connectivity index (χ2n) is 8.01. The summed E-state index contributed by atoms with van der Waals surface area (Å²) in [5, 5.41) is 12.5. The molecule has 8 nitrogen and oxygen atoms in total. The molecule has 1 aromatic carbocycles. The van der Waals surface area contributed by atoms with E-state index in [1.54, 1.807) is 31.1 Å².